The number of nitrogens with one attached hydrogen (secondary N) is 1. The smallest absolute Gasteiger partial charge is 0.326 e. The number of hydrogen-bond donors (Lipinski definition) is 2. The van der Waals surface area contributed by atoms with Gasteiger partial charge in [-0.15, -0.1) is 0 Å². The van der Waals surface area contributed by atoms with Crippen molar-refractivity contribution in [2.45, 2.75) is 31.7 Å². The first-order valence-corrected chi connectivity index (χ1v) is 7.10. The summed E-state index contributed by atoms with van der Waals surface area (Å²) in [6.45, 7) is 0.524. The molecule has 0 aliphatic carbocycles. The molecule has 6 nitrogen and oxygen atoms in total. The molecule has 1 atom stereocenters. The molecule has 0 bridgehead atoms. The molecule has 1 fully saturated rings. The number of likely N-dealkylation sites (tertiary alicyclic amines) is 1. The second kappa shape index (κ2) is 5.55. The van der Waals surface area contributed by atoms with E-state index in [2.05, 4.69) is 9.97 Å². The van der Waals surface area contributed by atoms with Gasteiger partial charge >= 0.3 is 5.97 Å². The van der Waals surface area contributed by atoms with Crippen molar-refractivity contribution in [1.29, 1.82) is 0 Å². The number of carbonyl (C=O) groups is 2. The number of aromatic amines is 1. The van der Waals surface area contributed by atoms with E-state index in [1.54, 1.807) is 12.4 Å². The maximum absolute atomic E-state index is 12.5. The highest BCUT2D eigenvalue weighted by Crippen LogP contribution is 2.21. The zero-order valence-electron chi connectivity index (χ0n) is 11.6. The van der Waals surface area contributed by atoms with Gasteiger partial charge in [-0.05, 0) is 37.0 Å². The summed E-state index contributed by atoms with van der Waals surface area (Å²) in [7, 11) is 0. The van der Waals surface area contributed by atoms with Crippen molar-refractivity contribution in [3.63, 3.8) is 0 Å². The molecule has 1 saturated heterocycles. The number of nitrogens with zero attached hydrogens (tertiary/aromatic N) is 2. The van der Waals surface area contributed by atoms with Crippen LogP contribution in [0.3, 0.4) is 0 Å². The van der Waals surface area contributed by atoms with Gasteiger partial charge < -0.3 is 15.0 Å². The summed E-state index contributed by atoms with van der Waals surface area (Å²) in [6.07, 6.45) is 5.93. The first-order valence-electron chi connectivity index (χ1n) is 7.10. The second-order valence-electron chi connectivity index (χ2n) is 5.33. The number of piperidine rings is 1. The molecule has 0 aromatic carbocycles. The molecule has 3 heterocycles. The molecular formula is C15H17N3O3. The number of amides is 1. The normalized spacial score (nSPS) is 18.9. The summed E-state index contributed by atoms with van der Waals surface area (Å²) in [5, 5.41) is 10.2. The number of carboxylic acid groups (broad SMARTS) is 1. The van der Waals surface area contributed by atoms with Crippen molar-refractivity contribution in [3.8, 4) is 0 Å². The molecule has 110 valence electrons. The monoisotopic (exact) mass is 287 g/mol. The molecule has 6 heteroatoms. The maximum Gasteiger partial charge on any atom is 0.326 e. The Balaban J connectivity index is 1.80. The summed E-state index contributed by atoms with van der Waals surface area (Å²) < 4.78 is 0. The lowest BCUT2D eigenvalue weighted by Crippen LogP contribution is -2.48. The Bertz CT molecular complexity index is 680. The Morgan fingerprint density at radius 3 is 3.10 bits per heavy atom. The lowest BCUT2D eigenvalue weighted by molar-refractivity contribution is -0.151. The molecule has 0 spiro atoms. The molecule has 21 heavy (non-hydrogen) atoms. The van der Waals surface area contributed by atoms with Gasteiger partial charge in [0.1, 0.15) is 11.7 Å². The number of aliphatic carboxylic acids is 1. The number of fused-ring (bicyclic) bond motifs is 1. The van der Waals surface area contributed by atoms with E-state index in [-0.39, 0.29) is 12.3 Å². The highest BCUT2D eigenvalue weighted by molar-refractivity contribution is 5.89. The lowest BCUT2D eigenvalue weighted by atomic mass is 10.0. The minimum absolute atomic E-state index is 0.133. The molecule has 0 saturated carbocycles. The minimum Gasteiger partial charge on any atom is -0.480 e. The van der Waals surface area contributed by atoms with Gasteiger partial charge in [-0.2, -0.15) is 0 Å². The molecule has 1 aliphatic heterocycles. The van der Waals surface area contributed by atoms with Crippen LogP contribution in [0.5, 0.6) is 0 Å². The molecular weight excluding hydrogens is 270 g/mol. The number of carbonyl (C=O) groups excluding carboxylic acids is 1. The molecule has 2 aromatic heterocycles. The van der Waals surface area contributed by atoms with Crippen molar-refractivity contribution < 1.29 is 14.7 Å². The van der Waals surface area contributed by atoms with Crippen LogP contribution < -0.4 is 0 Å². The molecule has 3 rings (SSSR count). The summed E-state index contributed by atoms with van der Waals surface area (Å²) in [5.74, 6) is -1.05. The van der Waals surface area contributed by atoms with E-state index in [0.29, 0.717) is 13.0 Å². The quantitative estimate of drug-likeness (QED) is 0.897. The summed E-state index contributed by atoms with van der Waals surface area (Å²) in [5.41, 5.74) is 1.60. The van der Waals surface area contributed by atoms with Crippen LogP contribution in [0.15, 0.2) is 24.5 Å². The third-order valence-corrected chi connectivity index (χ3v) is 3.99. The first kappa shape index (κ1) is 13.6. The molecule has 0 unspecified atom stereocenters. The van der Waals surface area contributed by atoms with Crippen LogP contribution >= 0.6 is 0 Å². The van der Waals surface area contributed by atoms with Crippen LogP contribution in [-0.2, 0) is 16.0 Å². The number of rotatable bonds is 3. The van der Waals surface area contributed by atoms with Gasteiger partial charge in [0.2, 0.25) is 5.91 Å². The average Bonchev–Trinajstić information content (AvgIpc) is 2.90. The topological polar surface area (TPSA) is 86.3 Å². The molecule has 2 N–H and O–H groups in total. The zero-order valence-corrected chi connectivity index (χ0v) is 11.6. The van der Waals surface area contributed by atoms with E-state index in [9.17, 15) is 14.7 Å². The SMILES string of the molecule is O=C(O)[C@H]1CCCCN1C(=O)Cc1c[nH]c2ncccc12. The summed E-state index contributed by atoms with van der Waals surface area (Å²) in [6, 6.07) is 3.05. The fourth-order valence-electron chi connectivity index (χ4n) is 2.91. The molecule has 2 aromatic rings. The van der Waals surface area contributed by atoms with Crippen LogP contribution in [0.25, 0.3) is 11.0 Å². The Morgan fingerprint density at radius 1 is 1.43 bits per heavy atom. The van der Waals surface area contributed by atoms with Crippen molar-refractivity contribution in [2.75, 3.05) is 6.54 Å². The van der Waals surface area contributed by atoms with E-state index >= 15 is 0 Å². The molecule has 1 amide bonds. The van der Waals surface area contributed by atoms with Crippen LogP contribution in [0.1, 0.15) is 24.8 Å². The number of pyridine rings is 1. The van der Waals surface area contributed by atoms with Gasteiger partial charge in [-0.3, -0.25) is 4.79 Å². The maximum atomic E-state index is 12.5. The van der Waals surface area contributed by atoms with Crippen molar-refractivity contribution >= 4 is 22.9 Å². The average molecular weight is 287 g/mol. The predicted octanol–water partition coefficient (Wildman–Crippen LogP) is 1.57. The number of carboxylic acids is 1. The number of H-pyrrole nitrogens is 1. The largest absolute Gasteiger partial charge is 0.480 e. The van der Waals surface area contributed by atoms with Crippen LogP contribution in [-0.4, -0.2) is 44.4 Å². The van der Waals surface area contributed by atoms with E-state index < -0.39 is 12.0 Å². The van der Waals surface area contributed by atoms with Gasteiger partial charge in [0, 0.05) is 24.3 Å². The van der Waals surface area contributed by atoms with Crippen molar-refractivity contribution in [1.82, 2.24) is 14.9 Å². The van der Waals surface area contributed by atoms with Gasteiger partial charge in [0.05, 0.1) is 6.42 Å². The third-order valence-electron chi connectivity index (χ3n) is 3.99. The van der Waals surface area contributed by atoms with Gasteiger partial charge in [-0.1, -0.05) is 0 Å². The Morgan fingerprint density at radius 2 is 2.29 bits per heavy atom. The van der Waals surface area contributed by atoms with Crippen LogP contribution in [0, 0.1) is 0 Å². The van der Waals surface area contributed by atoms with E-state index in [0.717, 1.165) is 29.4 Å². The van der Waals surface area contributed by atoms with Crippen molar-refractivity contribution in [3.05, 3.63) is 30.1 Å². The predicted molar refractivity (Wildman–Crippen MR) is 76.8 cm³/mol. The lowest BCUT2D eigenvalue weighted by Gasteiger charge is -2.33. The minimum atomic E-state index is -0.913. The van der Waals surface area contributed by atoms with Crippen LogP contribution in [0.2, 0.25) is 0 Å². The van der Waals surface area contributed by atoms with Crippen molar-refractivity contribution in [2.24, 2.45) is 0 Å². The van der Waals surface area contributed by atoms with E-state index in [1.807, 2.05) is 12.1 Å². The molecule has 0 radical (unpaired) electrons. The highest BCUT2D eigenvalue weighted by atomic mass is 16.4. The van der Waals surface area contributed by atoms with Gasteiger partial charge in [0.25, 0.3) is 0 Å². The third kappa shape index (κ3) is 2.61. The first-order chi connectivity index (χ1) is 10.2. The summed E-state index contributed by atoms with van der Waals surface area (Å²) >= 11 is 0. The Kier molecular flexibility index (Phi) is 3.60. The Labute approximate surface area is 121 Å². The highest BCUT2D eigenvalue weighted by Gasteiger charge is 2.31. The van der Waals surface area contributed by atoms with Gasteiger partial charge in [0.15, 0.2) is 0 Å². The fourth-order valence-corrected chi connectivity index (χ4v) is 2.91. The van der Waals surface area contributed by atoms with Crippen LogP contribution in [0.4, 0.5) is 0 Å². The number of aromatic nitrogens is 2. The zero-order chi connectivity index (χ0) is 14.8. The summed E-state index contributed by atoms with van der Waals surface area (Å²) in [4.78, 5) is 32.4. The van der Waals surface area contributed by atoms with E-state index in [4.69, 9.17) is 0 Å². The number of hydrogen-bond acceptors (Lipinski definition) is 3. The van der Waals surface area contributed by atoms with E-state index in [1.165, 1.54) is 4.90 Å². The van der Waals surface area contributed by atoms with Gasteiger partial charge in [-0.25, -0.2) is 9.78 Å². The Hall–Kier alpha value is -2.37. The fraction of sp³-hybridized carbons (Fsp3) is 0.400. The second-order valence-corrected chi connectivity index (χ2v) is 5.33. The molecule has 1 aliphatic rings. The standard InChI is InChI=1S/C15H17N3O3/c19-13(18-7-2-1-5-12(18)15(20)21)8-10-9-17-14-11(10)4-3-6-16-14/h3-4,6,9,12H,1-2,5,7-8H2,(H,16,17)(H,20,21)/t12-/m1/s1.